The van der Waals surface area contributed by atoms with Gasteiger partial charge in [-0.15, -0.1) is 0 Å². The molecule has 0 bridgehead atoms. The average Bonchev–Trinajstić information content (AvgIpc) is 2.70. The van der Waals surface area contributed by atoms with E-state index in [2.05, 4.69) is 0 Å². The lowest BCUT2D eigenvalue weighted by atomic mass is 10.2. The van der Waals surface area contributed by atoms with E-state index < -0.39 is 8.80 Å². The number of rotatable bonds is 14. The molecule has 0 aliphatic carbocycles. The molecule has 0 atom stereocenters. The lowest BCUT2D eigenvalue weighted by Crippen LogP contribution is -2.42. The molecule has 0 fully saturated rings. The van der Waals surface area contributed by atoms with Crippen molar-refractivity contribution < 1.29 is 27.5 Å². The highest BCUT2D eigenvalue weighted by Crippen LogP contribution is 2.18. The maximum absolute atomic E-state index is 11.3. The summed E-state index contributed by atoms with van der Waals surface area (Å²) in [4.78, 5) is 11.3. The van der Waals surface area contributed by atoms with Crippen LogP contribution in [0.1, 0.15) is 38.2 Å². The first-order valence-corrected chi connectivity index (χ1v) is 11.3. The molecule has 0 saturated heterocycles. The van der Waals surface area contributed by atoms with Gasteiger partial charge in [-0.05, 0) is 43.5 Å². The van der Waals surface area contributed by atoms with Gasteiger partial charge in [0.25, 0.3) is 0 Å². The Bertz CT molecular complexity index is 546. The Kier molecular flexibility index (Phi) is 11.7. The second-order valence-corrected chi connectivity index (χ2v) is 9.05. The predicted octanol–water partition coefficient (Wildman–Crippen LogP) is 4.08. The molecule has 1 aromatic rings. The van der Waals surface area contributed by atoms with Crippen molar-refractivity contribution in [3.05, 3.63) is 35.9 Å². The van der Waals surface area contributed by atoms with Gasteiger partial charge in [0.15, 0.2) is 0 Å². The molecule has 7 heteroatoms. The van der Waals surface area contributed by atoms with Crippen molar-refractivity contribution >= 4 is 20.8 Å². The summed E-state index contributed by atoms with van der Waals surface area (Å²) in [5.41, 5.74) is 0.928. The van der Waals surface area contributed by atoms with Gasteiger partial charge >= 0.3 is 14.8 Å². The Morgan fingerprint density at radius 1 is 0.963 bits per heavy atom. The van der Waals surface area contributed by atoms with Gasteiger partial charge in [-0.3, -0.25) is 0 Å². The number of ether oxygens (including phenoxy) is 2. The zero-order valence-corrected chi connectivity index (χ0v) is 17.9. The Morgan fingerprint density at radius 2 is 1.59 bits per heavy atom. The van der Waals surface area contributed by atoms with Crippen LogP contribution in [0.3, 0.4) is 0 Å². The van der Waals surface area contributed by atoms with E-state index in [9.17, 15) is 4.79 Å². The molecule has 6 nitrogen and oxygen atoms in total. The highest BCUT2D eigenvalue weighted by atomic mass is 28.4. The van der Waals surface area contributed by atoms with E-state index in [1.54, 1.807) is 34.3 Å². The summed E-state index contributed by atoms with van der Waals surface area (Å²) in [5, 5.41) is 0. The standard InChI is InChI=1S/C20H32O6Si/c1-5-25-20(21)15-12-18-10-13-19(14-11-18)26-16-8-6-7-9-17-27(22-2,23-3)24-4/h10-15H,5-9,16-17H2,1-4H3. The van der Waals surface area contributed by atoms with Crippen LogP contribution in [0.4, 0.5) is 0 Å². The van der Waals surface area contributed by atoms with Gasteiger partial charge in [0.05, 0.1) is 13.2 Å². The van der Waals surface area contributed by atoms with Crippen LogP contribution in [0.25, 0.3) is 6.08 Å². The number of carbonyl (C=O) groups excluding carboxylic acids is 1. The summed E-state index contributed by atoms with van der Waals surface area (Å²) in [5.74, 6) is 0.493. The Labute approximate surface area is 163 Å². The Morgan fingerprint density at radius 3 is 2.19 bits per heavy atom. The van der Waals surface area contributed by atoms with Crippen molar-refractivity contribution in [1.82, 2.24) is 0 Å². The molecule has 1 rings (SSSR count). The minimum absolute atomic E-state index is 0.334. The molecule has 0 aliphatic heterocycles. The third kappa shape index (κ3) is 9.19. The van der Waals surface area contributed by atoms with E-state index in [0.717, 1.165) is 43.0 Å². The third-order valence-corrected chi connectivity index (χ3v) is 6.99. The van der Waals surface area contributed by atoms with Gasteiger partial charge in [0.1, 0.15) is 5.75 Å². The van der Waals surface area contributed by atoms with E-state index in [1.165, 1.54) is 6.08 Å². The Balaban J connectivity index is 2.21. The zero-order chi connectivity index (χ0) is 20.0. The molecule has 0 aromatic heterocycles. The van der Waals surface area contributed by atoms with Crippen LogP contribution < -0.4 is 4.74 Å². The van der Waals surface area contributed by atoms with Gasteiger partial charge in [-0.1, -0.05) is 25.0 Å². The minimum Gasteiger partial charge on any atom is -0.494 e. The maximum Gasteiger partial charge on any atom is 0.500 e. The van der Waals surface area contributed by atoms with Crippen LogP contribution >= 0.6 is 0 Å². The molecule has 0 unspecified atom stereocenters. The normalized spacial score (nSPS) is 11.7. The fourth-order valence-corrected chi connectivity index (χ4v) is 4.37. The first kappa shape index (κ1) is 23.4. The van der Waals surface area contributed by atoms with E-state index in [-0.39, 0.29) is 5.97 Å². The van der Waals surface area contributed by atoms with Crippen molar-refractivity contribution in [1.29, 1.82) is 0 Å². The minimum atomic E-state index is -2.43. The highest BCUT2D eigenvalue weighted by Gasteiger charge is 2.36. The second kappa shape index (κ2) is 13.5. The van der Waals surface area contributed by atoms with Gasteiger partial charge in [-0.25, -0.2) is 4.79 Å². The van der Waals surface area contributed by atoms with Gasteiger partial charge in [0.2, 0.25) is 0 Å². The third-order valence-electron chi connectivity index (χ3n) is 4.16. The van der Waals surface area contributed by atoms with Gasteiger partial charge in [0, 0.05) is 33.4 Å². The summed E-state index contributed by atoms with van der Waals surface area (Å²) in [7, 11) is 2.50. The fraction of sp³-hybridized carbons (Fsp3) is 0.550. The first-order valence-electron chi connectivity index (χ1n) is 9.32. The fourth-order valence-electron chi connectivity index (χ4n) is 2.57. The number of carbonyl (C=O) groups is 1. The molecule has 0 heterocycles. The van der Waals surface area contributed by atoms with Crippen LogP contribution in [0.15, 0.2) is 30.3 Å². The van der Waals surface area contributed by atoms with Crippen molar-refractivity contribution in [3.63, 3.8) is 0 Å². The molecule has 27 heavy (non-hydrogen) atoms. The number of esters is 1. The quantitative estimate of drug-likeness (QED) is 0.204. The van der Waals surface area contributed by atoms with Gasteiger partial charge < -0.3 is 22.8 Å². The van der Waals surface area contributed by atoms with E-state index in [1.807, 2.05) is 24.3 Å². The van der Waals surface area contributed by atoms with Crippen LogP contribution in [0.2, 0.25) is 6.04 Å². The predicted molar refractivity (Wildman–Crippen MR) is 108 cm³/mol. The molecule has 0 saturated carbocycles. The molecule has 0 aliphatic rings. The van der Waals surface area contributed by atoms with Crippen LogP contribution in [0, 0.1) is 0 Å². The van der Waals surface area contributed by atoms with Crippen molar-refractivity contribution in [3.8, 4) is 5.75 Å². The monoisotopic (exact) mass is 396 g/mol. The second-order valence-electron chi connectivity index (χ2n) is 5.96. The number of benzene rings is 1. The molecular weight excluding hydrogens is 364 g/mol. The molecule has 152 valence electrons. The van der Waals surface area contributed by atoms with Crippen LogP contribution in [0.5, 0.6) is 5.75 Å². The lowest BCUT2D eigenvalue weighted by Gasteiger charge is -2.24. The van der Waals surface area contributed by atoms with E-state index in [0.29, 0.717) is 13.2 Å². The number of unbranched alkanes of at least 4 members (excludes halogenated alkanes) is 3. The number of hydrogen-bond donors (Lipinski definition) is 0. The molecular formula is C20H32O6Si. The van der Waals surface area contributed by atoms with Crippen molar-refractivity contribution in [2.75, 3.05) is 34.5 Å². The lowest BCUT2D eigenvalue weighted by molar-refractivity contribution is -0.137. The Hall–Kier alpha value is -1.67. The molecule has 0 N–H and O–H groups in total. The first-order chi connectivity index (χ1) is 13.1. The van der Waals surface area contributed by atoms with E-state index >= 15 is 0 Å². The SMILES string of the molecule is CCOC(=O)C=Cc1ccc(OCCCCCC[Si](OC)(OC)OC)cc1. The summed E-state index contributed by atoms with van der Waals surface area (Å²) >= 11 is 0. The maximum atomic E-state index is 11.3. The zero-order valence-electron chi connectivity index (χ0n) is 16.9. The summed E-state index contributed by atoms with van der Waals surface area (Å²) in [6, 6.07) is 8.46. The largest absolute Gasteiger partial charge is 0.500 e. The molecule has 0 spiro atoms. The van der Waals surface area contributed by atoms with Crippen molar-refractivity contribution in [2.24, 2.45) is 0 Å². The summed E-state index contributed by atoms with van der Waals surface area (Å²) in [6.45, 7) is 2.84. The van der Waals surface area contributed by atoms with Crippen molar-refractivity contribution in [2.45, 2.75) is 38.7 Å². The topological polar surface area (TPSA) is 63.2 Å². The van der Waals surface area contributed by atoms with Gasteiger partial charge in [-0.2, -0.15) is 0 Å². The van der Waals surface area contributed by atoms with Crippen LogP contribution in [-0.4, -0.2) is 49.3 Å². The molecule has 0 amide bonds. The average molecular weight is 397 g/mol. The summed E-state index contributed by atoms with van der Waals surface area (Å²) in [6.07, 6.45) is 7.34. The number of hydrogen-bond acceptors (Lipinski definition) is 6. The summed E-state index contributed by atoms with van der Waals surface area (Å²) < 4.78 is 26.8. The highest BCUT2D eigenvalue weighted by molar-refractivity contribution is 6.60. The smallest absolute Gasteiger partial charge is 0.494 e. The molecule has 0 radical (unpaired) electrons. The van der Waals surface area contributed by atoms with E-state index in [4.69, 9.17) is 22.8 Å². The molecule has 1 aromatic carbocycles. The van der Waals surface area contributed by atoms with Crippen LogP contribution in [-0.2, 0) is 22.8 Å².